The Morgan fingerprint density at radius 2 is 2.30 bits per heavy atom. The van der Waals surface area contributed by atoms with Gasteiger partial charge in [0.2, 0.25) is 5.91 Å². The van der Waals surface area contributed by atoms with Gasteiger partial charge in [0.05, 0.1) is 13.0 Å². The molecule has 20 heavy (non-hydrogen) atoms. The first-order valence-corrected chi connectivity index (χ1v) is 8.29. The molecule has 1 aliphatic rings. The monoisotopic (exact) mass is 339 g/mol. The van der Waals surface area contributed by atoms with Crippen LogP contribution in [-0.2, 0) is 4.79 Å². The van der Waals surface area contributed by atoms with Crippen LogP contribution in [0.1, 0.15) is 25.3 Å². The van der Waals surface area contributed by atoms with Gasteiger partial charge in [0.15, 0.2) is 0 Å². The van der Waals surface area contributed by atoms with Crippen LogP contribution >= 0.6 is 15.9 Å². The van der Waals surface area contributed by atoms with Crippen molar-refractivity contribution in [2.75, 3.05) is 18.5 Å². The Labute approximate surface area is 129 Å². The molecule has 0 N–H and O–H groups in total. The van der Waals surface area contributed by atoms with Crippen molar-refractivity contribution in [1.29, 1.82) is 0 Å². The maximum atomic E-state index is 12.2. The summed E-state index contributed by atoms with van der Waals surface area (Å²) in [5.41, 5.74) is 1.17. The predicted octanol–water partition coefficient (Wildman–Crippen LogP) is 3.40. The van der Waals surface area contributed by atoms with Gasteiger partial charge < -0.3 is 9.64 Å². The number of ether oxygens (including phenoxy) is 1. The molecule has 0 aliphatic carbocycles. The Bertz CT molecular complexity index is 464. The van der Waals surface area contributed by atoms with Gasteiger partial charge in [0.1, 0.15) is 5.75 Å². The number of rotatable bonds is 5. The number of halogens is 1. The van der Waals surface area contributed by atoms with Crippen LogP contribution in [0.4, 0.5) is 0 Å². The van der Waals surface area contributed by atoms with Gasteiger partial charge in [-0.3, -0.25) is 4.79 Å². The topological polar surface area (TPSA) is 29.5 Å². The summed E-state index contributed by atoms with van der Waals surface area (Å²) in [4.78, 5) is 14.2. The van der Waals surface area contributed by atoms with E-state index in [1.54, 1.807) is 0 Å². The Balaban J connectivity index is 1.81. The maximum absolute atomic E-state index is 12.2. The molecule has 0 saturated carbocycles. The number of benzene rings is 1. The molecule has 2 rings (SSSR count). The fourth-order valence-corrected chi connectivity index (χ4v) is 3.65. The van der Waals surface area contributed by atoms with Gasteiger partial charge >= 0.3 is 0 Å². The zero-order valence-corrected chi connectivity index (χ0v) is 13.7. The highest BCUT2D eigenvalue weighted by Crippen LogP contribution is 2.26. The van der Waals surface area contributed by atoms with Crippen LogP contribution in [0.2, 0.25) is 0 Å². The molecule has 1 amide bonds. The van der Waals surface area contributed by atoms with Gasteiger partial charge in [0, 0.05) is 17.9 Å². The minimum atomic E-state index is 0.200. The molecule has 2 atom stereocenters. The van der Waals surface area contributed by atoms with Crippen LogP contribution in [-0.4, -0.2) is 35.3 Å². The molecule has 1 aromatic rings. The lowest BCUT2D eigenvalue weighted by molar-refractivity contribution is -0.132. The smallest absolute Gasteiger partial charge is 0.226 e. The standard InChI is InChI=1S/C16H22BrNO2/c1-12-4-3-5-14(10-12)20-9-7-16(19)18-8-6-13(2)15(18)11-17/h3-5,10,13,15H,6-9,11H2,1-2H3. The zero-order valence-electron chi connectivity index (χ0n) is 12.1. The first-order valence-electron chi connectivity index (χ1n) is 7.16. The molecular formula is C16H22BrNO2. The molecule has 0 bridgehead atoms. The van der Waals surface area contributed by atoms with Crippen molar-refractivity contribution in [3.8, 4) is 5.75 Å². The zero-order chi connectivity index (χ0) is 14.5. The molecule has 2 unspecified atom stereocenters. The summed E-state index contributed by atoms with van der Waals surface area (Å²) in [5.74, 6) is 1.62. The van der Waals surface area contributed by atoms with E-state index in [1.165, 1.54) is 5.56 Å². The Morgan fingerprint density at radius 1 is 1.50 bits per heavy atom. The molecule has 110 valence electrons. The number of alkyl halides is 1. The van der Waals surface area contributed by atoms with E-state index in [4.69, 9.17) is 4.74 Å². The van der Waals surface area contributed by atoms with Crippen LogP contribution in [0.5, 0.6) is 5.75 Å². The van der Waals surface area contributed by atoms with E-state index >= 15 is 0 Å². The number of aryl methyl sites for hydroxylation is 1. The van der Waals surface area contributed by atoms with Gasteiger partial charge in [0.25, 0.3) is 0 Å². The van der Waals surface area contributed by atoms with Crippen molar-refractivity contribution in [1.82, 2.24) is 4.90 Å². The molecule has 0 aromatic heterocycles. The highest BCUT2D eigenvalue weighted by molar-refractivity contribution is 9.09. The molecule has 1 fully saturated rings. The first-order chi connectivity index (χ1) is 9.61. The predicted molar refractivity (Wildman–Crippen MR) is 84.4 cm³/mol. The second-order valence-electron chi connectivity index (χ2n) is 5.49. The molecule has 1 aliphatic heterocycles. The van der Waals surface area contributed by atoms with E-state index in [1.807, 2.05) is 36.1 Å². The highest BCUT2D eigenvalue weighted by atomic mass is 79.9. The molecular weight excluding hydrogens is 318 g/mol. The van der Waals surface area contributed by atoms with Crippen LogP contribution in [0.15, 0.2) is 24.3 Å². The van der Waals surface area contributed by atoms with Gasteiger partial charge in [-0.1, -0.05) is 35.0 Å². The van der Waals surface area contributed by atoms with E-state index in [2.05, 4.69) is 22.9 Å². The number of hydrogen-bond acceptors (Lipinski definition) is 2. The summed E-state index contributed by atoms with van der Waals surface area (Å²) in [6.07, 6.45) is 1.55. The second kappa shape index (κ2) is 7.11. The van der Waals surface area contributed by atoms with E-state index in [0.717, 1.165) is 24.0 Å². The minimum absolute atomic E-state index is 0.200. The first kappa shape index (κ1) is 15.4. The third-order valence-electron chi connectivity index (χ3n) is 3.94. The second-order valence-corrected chi connectivity index (χ2v) is 6.14. The Hall–Kier alpha value is -1.03. The number of hydrogen-bond donors (Lipinski definition) is 0. The summed E-state index contributed by atoms with van der Waals surface area (Å²) in [7, 11) is 0. The molecule has 1 aromatic carbocycles. The van der Waals surface area contributed by atoms with Gasteiger partial charge in [-0.15, -0.1) is 0 Å². The average Bonchev–Trinajstić information content (AvgIpc) is 2.80. The van der Waals surface area contributed by atoms with Crippen LogP contribution in [0, 0.1) is 12.8 Å². The Morgan fingerprint density at radius 3 is 3.00 bits per heavy atom. The highest BCUT2D eigenvalue weighted by Gasteiger charge is 2.33. The number of carbonyl (C=O) groups is 1. The van der Waals surface area contributed by atoms with Crippen molar-refractivity contribution >= 4 is 21.8 Å². The molecule has 4 heteroatoms. The van der Waals surface area contributed by atoms with Crippen LogP contribution in [0.25, 0.3) is 0 Å². The fraction of sp³-hybridized carbons (Fsp3) is 0.562. The van der Waals surface area contributed by atoms with E-state index in [0.29, 0.717) is 25.0 Å². The van der Waals surface area contributed by atoms with Crippen LogP contribution in [0.3, 0.4) is 0 Å². The van der Waals surface area contributed by atoms with Gasteiger partial charge in [-0.05, 0) is 37.0 Å². The van der Waals surface area contributed by atoms with Crippen molar-refractivity contribution in [3.05, 3.63) is 29.8 Å². The fourth-order valence-electron chi connectivity index (χ4n) is 2.66. The number of carbonyl (C=O) groups excluding carboxylic acids is 1. The molecule has 1 saturated heterocycles. The summed E-state index contributed by atoms with van der Waals surface area (Å²) in [6.45, 7) is 5.57. The van der Waals surface area contributed by atoms with Gasteiger partial charge in [-0.25, -0.2) is 0 Å². The van der Waals surface area contributed by atoms with Crippen molar-refractivity contribution in [2.45, 2.75) is 32.7 Å². The van der Waals surface area contributed by atoms with Crippen molar-refractivity contribution in [2.24, 2.45) is 5.92 Å². The molecule has 0 spiro atoms. The minimum Gasteiger partial charge on any atom is -0.493 e. The van der Waals surface area contributed by atoms with Gasteiger partial charge in [-0.2, -0.15) is 0 Å². The normalized spacial score (nSPS) is 22.1. The summed E-state index contributed by atoms with van der Waals surface area (Å²) in [6, 6.07) is 8.25. The summed E-state index contributed by atoms with van der Waals surface area (Å²) in [5, 5.41) is 0.860. The maximum Gasteiger partial charge on any atom is 0.226 e. The summed E-state index contributed by atoms with van der Waals surface area (Å²) < 4.78 is 5.65. The largest absolute Gasteiger partial charge is 0.493 e. The third kappa shape index (κ3) is 3.75. The van der Waals surface area contributed by atoms with E-state index in [-0.39, 0.29) is 5.91 Å². The lowest BCUT2D eigenvalue weighted by Crippen LogP contribution is -2.39. The molecule has 0 radical (unpaired) electrons. The van der Waals surface area contributed by atoms with Crippen molar-refractivity contribution in [3.63, 3.8) is 0 Å². The van der Waals surface area contributed by atoms with Crippen molar-refractivity contribution < 1.29 is 9.53 Å². The number of amides is 1. The average molecular weight is 340 g/mol. The molecule has 1 heterocycles. The van der Waals surface area contributed by atoms with Crippen LogP contribution < -0.4 is 4.74 Å². The Kier molecular flexibility index (Phi) is 5.46. The van der Waals surface area contributed by atoms with E-state index in [9.17, 15) is 4.79 Å². The number of likely N-dealkylation sites (tertiary alicyclic amines) is 1. The lowest BCUT2D eigenvalue weighted by Gasteiger charge is -2.25. The lowest BCUT2D eigenvalue weighted by atomic mass is 10.1. The van der Waals surface area contributed by atoms with E-state index < -0.39 is 0 Å². The SMILES string of the molecule is Cc1cccc(OCCC(=O)N2CCC(C)C2CBr)c1. The number of nitrogens with zero attached hydrogens (tertiary/aromatic N) is 1. The third-order valence-corrected chi connectivity index (χ3v) is 4.60. The quantitative estimate of drug-likeness (QED) is 0.769. The molecule has 3 nitrogen and oxygen atoms in total. The summed E-state index contributed by atoms with van der Waals surface area (Å²) >= 11 is 3.51.